The first-order chi connectivity index (χ1) is 7.40. The molecule has 3 rings (SSSR count). The highest BCUT2D eigenvalue weighted by Gasteiger charge is 2.07. The van der Waals surface area contributed by atoms with Gasteiger partial charge in [0.05, 0.1) is 0 Å². The van der Waals surface area contributed by atoms with Crippen LogP contribution >= 0.6 is 0 Å². The van der Waals surface area contributed by atoms with Gasteiger partial charge in [-0.25, -0.2) is 0 Å². The summed E-state index contributed by atoms with van der Waals surface area (Å²) in [6, 6.07) is 10.2. The van der Waals surface area contributed by atoms with E-state index in [2.05, 4.69) is 34.1 Å². The van der Waals surface area contributed by atoms with Gasteiger partial charge in [0, 0.05) is 10.9 Å². The third-order valence-electron chi connectivity index (χ3n) is 2.57. The second kappa shape index (κ2) is 2.92. The second-order valence-electron chi connectivity index (χ2n) is 3.41. The van der Waals surface area contributed by atoms with Crippen molar-refractivity contribution in [2.75, 3.05) is 0 Å². The van der Waals surface area contributed by atoms with Crippen molar-refractivity contribution in [1.82, 2.24) is 15.4 Å². The Balaban J connectivity index is 2.62. The molecular weight excluding hydrogens is 186 g/mol. The van der Waals surface area contributed by atoms with E-state index in [0.29, 0.717) is 0 Å². The van der Waals surface area contributed by atoms with Gasteiger partial charge in [-0.3, -0.25) is 0 Å². The molecule has 0 amide bonds. The molecule has 1 N–H and O–H groups in total. The molecule has 0 unspecified atom stereocenters. The van der Waals surface area contributed by atoms with Gasteiger partial charge in [0.2, 0.25) is 0 Å². The number of rotatable bonds is 1. The molecule has 1 aromatic heterocycles. The van der Waals surface area contributed by atoms with Gasteiger partial charge >= 0.3 is 0 Å². The predicted octanol–water partition coefficient (Wildman–Crippen LogP) is 2.75. The fourth-order valence-electron chi connectivity index (χ4n) is 1.85. The van der Waals surface area contributed by atoms with Crippen molar-refractivity contribution >= 4 is 27.9 Å². The number of aromatic amines is 1. The lowest BCUT2D eigenvalue weighted by molar-refractivity contribution is 0.960. The number of hydrogen-bond donors (Lipinski definition) is 1. The van der Waals surface area contributed by atoms with Gasteiger partial charge in [-0.2, -0.15) is 15.4 Å². The van der Waals surface area contributed by atoms with Gasteiger partial charge in [0.15, 0.2) is 0 Å². The maximum Gasteiger partial charge on any atom is 0.121 e. The van der Waals surface area contributed by atoms with E-state index in [0.717, 1.165) is 27.4 Å². The van der Waals surface area contributed by atoms with Crippen molar-refractivity contribution in [3.8, 4) is 0 Å². The first-order valence-corrected chi connectivity index (χ1v) is 4.75. The Bertz CT molecular complexity index is 652. The van der Waals surface area contributed by atoms with Crippen LogP contribution in [0.2, 0.25) is 0 Å². The van der Waals surface area contributed by atoms with E-state index in [1.165, 1.54) is 0 Å². The van der Waals surface area contributed by atoms with Crippen LogP contribution in [0.1, 0.15) is 5.56 Å². The Morgan fingerprint density at radius 1 is 1.13 bits per heavy atom. The molecule has 3 heteroatoms. The molecule has 0 fully saturated rings. The van der Waals surface area contributed by atoms with Crippen LogP contribution in [-0.4, -0.2) is 15.4 Å². The number of aromatic nitrogens is 3. The van der Waals surface area contributed by atoms with Crippen LogP contribution in [0, 0.1) is 0 Å². The lowest BCUT2D eigenvalue weighted by Gasteiger charge is -2.00. The summed E-state index contributed by atoms with van der Waals surface area (Å²) in [5.41, 5.74) is 2.80. The average Bonchev–Trinajstić information content (AvgIpc) is 2.77. The molecule has 0 aliphatic carbocycles. The molecule has 0 aliphatic rings. The summed E-state index contributed by atoms with van der Waals surface area (Å²) in [6.07, 6.45) is 1.80. The van der Waals surface area contributed by atoms with Crippen LogP contribution in [0.3, 0.4) is 0 Å². The highest BCUT2D eigenvalue weighted by atomic mass is 15.3. The summed E-state index contributed by atoms with van der Waals surface area (Å²) in [7, 11) is 0. The minimum atomic E-state index is 0.878. The molecule has 0 spiro atoms. The Morgan fingerprint density at radius 2 is 1.93 bits per heavy atom. The highest BCUT2D eigenvalue weighted by molar-refractivity contribution is 6.06. The molecule has 72 valence electrons. The highest BCUT2D eigenvalue weighted by Crippen LogP contribution is 2.25. The number of nitrogens with one attached hydrogen (secondary N) is 1. The Morgan fingerprint density at radius 3 is 2.80 bits per heavy atom. The number of fused-ring (bicyclic) bond motifs is 3. The summed E-state index contributed by atoms with van der Waals surface area (Å²) in [5.74, 6) is 0. The number of hydrogen-bond acceptors (Lipinski definition) is 2. The van der Waals surface area contributed by atoms with Crippen molar-refractivity contribution in [3.05, 3.63) is 42.5 Å². The summed E-state index contributed by atoms with van der Waals surface area (Å²) >= 11 is 0. The minimum absolute atomic E-state index is 0.878. The normalized spacial score (nSPS) is 10.9. The topological polar surface area (TPSA) is 41.6 Å². The van der Waals surface area contributed by atoms with E-state index in [9.17, 15) is 0 Å². The lowest BCUT2D eigenvalue weighted by Crippen LogP contribution is -1.80. The molecule has 15 heavy (non-hydrogen) atoms. The van der Waals surface area contributed by atoms with Gasteiger partial charge in [0.25, 0.3) is 0 Å². The summed E-state index contributed by atoms with van der Waals surface area (Å²) in [4.78, 5) is 0. The molecule has 0 bridgehead atoms. The third kappa shape index (κ3) is 1.06. The van der Waals surface area contributed by atoms with Gasteiger partial charge < -0.3 is 0 Å². The Hall–Kier alpha value is -2.16. The van der Waals surface area contributed by atoms with Crippen molar-refractivity contribution in [2.24, 2.45) is 0 Å². The lowest BCUT2D eigenvalue weighted by atomic mass is 10.0. The zero-order valence-electron chi connectivity index (χ0n) is 8.07. The first kappa shape index (κ1) is 8.17. The van der Waals surface area contributed by atoms with Gasteiger partial charge in [-0.15, -0.1) is 0 Å². The SMILES string of the molecule is C=Cc1cc2ccccc2c2n[nH]nc12. The van der Waals surface area contributed by atoms with Crippen LogP contribution in [0.4, 0.5) is 0 Å². The Labute approximate surface area is 86.4 Å². The molecule has 0 aliphatic heterocycles. The van der Waals surface area contributed by atoms with Gasteiger partial charge in [-0.05, 0) is 11.5 Å². The maximum absolute atomic E-state index is 4.17. The van der Waals surface area contributed by atoms with Gasteiger partial charge in [-0.1, -0.05) is 36.9 Å². The molecule has 3 aromatic rings. The van der Waals surface area contributed by atoms with E-state index in [1.807, 2.05) is 18.2 Å². The fourth-order valence-corrected chi connectivity index (χ4v) is 1.85. The predicted molar refractivity (Wildman–Crippen MR) is 61.5 cm³/mol. The van der Waals surface area contributed by atoms with Crippen LogP contribution in [-0.2, 0) is 0 Å². The first-order valence-electron chi connectivity index (χ1n) is 4.75. The Kier molecular flexibility index (Phi) is 1.59. The monoisotopic (exact) mass is 195 g/mol. The molecule has 0 saturated carbocycles. The van der Waals surface area contributed by atoms with Gasteiger partial charge in [0.1, 0.15) is 11.0 Å². The smallest absolute Gasteiger partial charge is 0.121 e. The second-order valence-corrected chi connectivity index (χ2v) is 3.41. The van der Waals surface area contributed by atoms with Crippen LogP contribution in [0.25, 0.3) is 27.9 Å². The van der Waals surface area contributed by atoms with E-state index >= 15 is 0 Å². The summed E-state index contributed by atoms with van der Waals surface area (Å²) in [5, 5.41) is 13.2. The van der Waals surface area contributed by atoms with E-state index < -0.39 is 0 Å². The largest absolute Gasteiger partial charge is 0.197 e. The fraction of sp³-hybridized carbons (Fsp3) is 0. The van der Waals surface area contributed by atoms with E-state index in [4.69, 9.17) is 0 Å². The summed E-state index contributed by atoms with van der Waals surface area (Å²) in [6.45, 7) is 3.79. The van der Waals surface area contributed by atoms with Crippen LogP contribution in [0.15, 0.2) is 36.9 Å². The van der Waals surface area contributed by atoms with E-state index in [-0.39, 0.29) is 0 Å². The molecule has 1 heterocycles. The quantitative estimate of drug-likeness (QED) is 0.648. The summed E-state index contributed by atoms with van der Waals surface area (Å²) < 4.78 is 0. The number of nitrogens with zero attached hydrogens (tertiary/aromatic N) is 2. The molecule has 3 nitrogen and oxygen atoms in total. The molecule has 2 aromatic carbocycles. The van der Waals surface area contributed by atoms with Crippen LogP contribution < -0.4 is 0 Å². The van der Waals surface area contributed by atoms with Crippen LogP contribution in [0.5, 0.6) is 0 Å². The maximum atomic E-state index is 4.17. The molecule has 0 saturated heterocycles. The minimum Gasteiger partial charge on any atom is -0.197 e. The average molecular weight is 195 g/mol. The standard InChI is InChI=1S/C12H9N3/c1-2-8-7-9-5-3-4-6-10(9)12-11(8)13-15-14-12/h2-7H,1H2,(H,13,14,15). The van der Waals surface area contributed by atoms with Crippen molar-refractivity contribution < 1.29 is 0 Å². The number of benzene rings is 2. The van der Waals surface area contributed by atoms with E-state index in [1.54, 1.807) is 6.08 Å². The molecule has 0 radical (unpaired) electrons. The molecule has 0 atom stereocenters. The third-order valence-corrected chi connectivity index (χ3v) is 2.57. The molecular formula is C12H9N3. The zero-order valence-corrected chi connectivity index (χ0v) is 8.07. The van der Waals surface area contributed by atoms with Crippen molar-refractivity contribution in [3.63, 3.8) is 0 Å². The zero-order chi connectivity index (χ0) is 10.3. The van der Waals surface area contributed by atoms with Crippen molar-refractivity contribution in [2.45, 2.75) is 0 Å². The number of H-pyrrole nitrogens is 1. The van der Waals surface area contributed by atoms with Crippen molar-refractivity contribution in [1.29, 1.82) is 0 Å².